The number of benzene rings is 1. The number of amides is 2. The molecule has 1 aromatic carbocycles. The molecule has 2 aromatic rings. The van der Waals surface area contributed by atoms with E-state index < -0.39 is 6.03 Å². The third-order valence-electron chi connectivity index (χ3n) is 3.08. The van der Waals surface area contributed by atoms with Crippen LogP contribution in [0.3, 0.4) is 0 Å². The fourth-order valence-corrected chi connectivity index (χ4v) is 3.44. The van der Waals surface area contributed by atoms with Crippen LogP contribution in [0.15, 0.2) is 18.2 Å². The van der Waals surface area contributed by atoms with Gasteiger partial charge in [-0.25, -0.2) is 4.79 Å². The van der Waals surface area contributed by atoms with E-state index in [1.54, 1.807) is 18.2 Å². The molecule has 0 radical (unpaired) electrons. The van der Waals surface area contributed by atoms with Crippen molar-refractivity contribution in [3.05, 3.63) is 44.2 Å². The van der Waals surface area contributed by atoms with Gasteiger partial charge in [-0.2, -0.15) is 5.26 Å². The standard InChI is InChI=1S/C15H13Cl2N3OS/c1-3-10-8(2)22-14(11(10)7-18)20-15(21)19-9-4-5-12(16)13(17)6-9/h4-6H,3H2,1-2H3,(H2,19,20,21). The maximum atomic E-state index is 12.1. The van der Waals surface area contributed by atoms with E-state index in [4.69, 9.17) is 23.2 Å². The lowest BCUT2D eigenvalue weighted by atomic mass is 10.1. The summed E-state index contributed by atoms with van der Waals surface area (Å²) >= 11 is 13.1. The van der Waals surface area contributed by atoms with E-state index in [-0.39, 0.29) is 0 Å². The van der Waals surface area contributed by atoms with Crippen molar-refractivity contribution in [2.45, 2.75) is 20.3 Å². The van der Waals surface area contributed by atoms with Gasteiger partial charge in [0.25, 0.3) is 0 Å². The number of halogens is 2. The number of hydrogen-bond acceptors (Lipinski definition) is 3. The normalized spacial score (nSPS) is 10.1. The van der Waals surface area contributed by atoms with Crippen LogP contribution in [0.25, 0.3) is 0 Å². The molecular formula is C15H13Cl2N3OS. The minimum absolute atomic E-state index is 0.359. The molecule has 7 heteroatoms. The van der Waals surface area contributed by atoms with E-state index in [1.165, 1.54) is 11.3 Å². The van der Waals surface area contributed by atoms with Crippen molar-refractivity contribution in [1.82, 2.24) is 0 Å². The van der Waals surface area contributed by atoms with Crippen molar-refractivity contribution < 1.29 is 4.79 Å². The molecule has 2 rings (SSSR count). The Kier molecular flexibility index (Phi) is 5.30. The van der Waals surface area contributed by atoms with E-state index in [9.17, 15) is 10.1 Å². The Hall–Kier alpha value is -1.74. The maximum Gasteiger partial charge on any atom is 0.324 e. The van der Waals surface area contributed by atoms with Crippen molar-refractivity contribution in [2.75, 3.05) is 10.6 Å². The summed E-state index contributed by atoms with van der Waals surface area (Å²) < 4.78 is 0. The third-order valence-corrected chi connectivity index (χ3v) is 4.88. The number of anilines is 2. The largest absolute Gasteiger partial charge is 0.324 e. The summed E-state index contributed by atoms with van der Waals surface area (Å²) in [5.41, 5.74) is 2.01. The van der Waals surface area contributed by atoms with Crippen LogP contribution in [-0.4, -0.2) is 6.03 Å². The molecule has 0 bridgehead atoms. The van der Waals surface area contributed by atoms with Crippen LogP contribution in [0.1, 0.15) is 22.9 Å². The number of rotatable bonds is 3. The number of urea groups is 1. The second-order valence-corrected chi connectivity index (χ2v) is 6.55. The Balaban J connectivity index is 2.16. The molecule has 0 aliphatic carbocycles. The van der Waals surface area contributed by atoms with Gasteiger partial charge in [-0.1, -0.05) is 30.1 Å². The van der Waals surface area contributed by atoms with Crippen molar-refractivity contribution in [1.29, 1.82) is 5.26 Å². The average Bonchev–Trinajstić information content (AvgIpc) is 2.77. The summed E-state index contributed by atoms with van der Waals surface area (Å²) in [7, 11) is 0. The monoisotopic (exact) mass is 353 g/mol. The summed E-state index contributed by atoms with van der Waals surface area (Å²) in [6, 6.07) is 6.53. The Labute approximate surface area is 142 Å². The number of nitrogens with one attached hydrogen (secondary N) is 2. The Morgan fingerprint density at radius 2 is 2.05 bits per heavy atom. The van der Waals surface area contributed by atoms with Crippen LogP contribution in [-0.2, 0) is 6.42 Å². The summed E-state index contributed by atoms with van der Waals surface area (Å²) in [5, 5.41) is 16.0. The highest BCUT2D eigenvalue weighted by Crippen LogP contribution is 2.33. The summed E-state index contributed by atoms with van der Waals surface area (Å²) in [5.74, 6) is 0. The smallest absolute Gasteiger partial charge is 0.308 e. The first-order valence-corrected chi connectivity index (χ1v) is 8.09. The lowest BCUT2D eigenvalue weighted by molar-refractivity contribution is 0.262. The molecule has 0 spiro atoms. The third kappa shape index (κ3) is 3.53. The van der Waals surface area contributed by atoms with Gasteiger partial charge in [-0.05, 0) is 37.1 Å². The highest BCUT2D eigenvalue weighted by molar-refractivity contribution is 7.16. The number of nitrogens with zero attached hydrogens (tertiary/aromatic N) is 1. The molecule has 1 heterocycles. The van der Waals surface area contributed by atoms with Crippen LogP contribution in [0.4, 0.5) is 15.5 Å². The number of carbonyl (C=O) groups excluding carboxylic acids is 1. The number of carbonyl (C=O) groups is 1. The lowest BCUT2D eigenvalue weighted by Crippen LogP contribution is -2.19. The average molecular weight is 354 g/mol. The predicted octanol–water partition coefficient (Wildman–Crippen LogP) is 5.44. The molecule has 4 nitrogen and oxygen atoms in total. The van der Waals surface area contributed by atoms with Gasteiger partial charge in [-0.3, -0.25) is 5.32 Å². The Morgan fingerprint density at radius 1 is 1.32 bits per heavy atom. The zero-order valence-corrected chi connectivity index (χ0v) is 14.3. The van der Waals surface area contributed by atoms with Gasteiger partial charge >= 0.3 is 6.03 Å². The Bertz CT molecular complexity index is 765. The molecule has 0 aliphatic rings. The maximum absolute atomic E-state index is 12.1. The molecule has 0 fully saturated rings. The molecular weight excluding hydrogens is 341 g/mol. The number of hydrogen-bond donors (Lipinski definition) is 2. The number of aryl methyl sites for hydroxylation is 1. The summed E-state index contributed by atoms with van der Waals surface area (Å²) in [4.78, 5) is 13.1. The van der Waals surface area contributed by atoms with E-state index in [0.29, 0.717) is 26.3 Å². The van der Waals surface area contributed by atoms with E-state index in [0.717, 1.165) is 16.9 Å². The van der Waals surface area contributed by atoms with Gasteiger partial charge < -0.3 is 5.32 Å². The first kappa shape index (κ1) is 16.6. The molecule has 1 aromatic heterocycles. The molecule has 114 valence electrons. The quantitative estimate of drug-likeness (QED) is 0.771. The number of thiophene rings is 1. The van der Waals surface area contributed by atoms with Crippen LogP contribution < -0.4 is 10.6 Å². The van der Waals surface area contributed by atoms with Gasteiger partial charge in [0.15, 0.2) is 0 Å². The van der Waals surface area contributed by atoms with Gasteiger partial charge in [0.1, 0.15) is 11.1 Å². The van der Waals surface area contributed by atoms with Gasteiger partial charge in [-0.15, -0.1) is 11.3 Å². The topological polar surface area (TPSA) is 64.9 Å². The molecule has 2 amide bonds. The van der Waals surface area contributed by atoms with Crippen LogP contribution in [0, 0.1) is 18.3 Å². The van der Waals surface area contributed by atoms with Crippen molar-refractivity contribution in [2.24, 2.45) is 0 Å². The van der Waals surface area contributed by atoms with Crippen LogP contribution in [0.5, 0.6) is 0 Å². The second-order valence-electron chi connectivity index (χ2n) is 4.51. The fourth-order valence-electron chi connectivity index (χ4n) is 2.05. The highest BCUT2D eigenvalue weighted by Gasteiger charge is 2.16. The fraction of sp³-hybridized carbons (Fsp3) is 0.200. The van der Waals surface area contributed by atoms with Crippen molar-refractivity contribution in [3.63, 3.8) is 0 Å². The van der Waals surface area contributed by atoms with Crippen LogP contribution >= 0.6 is 34.5 Å². The summed E-state index contributed by atoms with van der Waals surface area (Å²) in [6.45, 7) is 3.92. The molecule has 2 N–H and O–H groups in total. The second kappa shape index (κ2) is 7.01. The van der Waals surface area contributed by atoms with Gasteiger partial charge in [0, 0.05) is 10.6 Å². The first-order chi connectivity index (χ1) is 10.5. The van der Waals surface area contributed by atoms with E-state index >= 15 is 0 Å². The minimum atomic E-state index is -0.432. The summed E-state index contributed by atoms with van der Waals surface area (Å²) in [6.07, 6.45) is 0.751. The van der Waals surface area contributed by atoms with Crippen LogP contribution in [0.2, 0.25) is 10.0 Å². The molecule has 0 aliphatic heterocycles. The Morgan fingerprint density at radius 3 is 2.64 bits per heavy atom. The first-order valence-electron chi connectivity index (χ1n) is 6.51. The molecule has 0 unspecified atom stereocenters. The molecule has 0 saturated heterocycles. The van der Waals surface area contributed by atoms with E-state index in [1.807, 2.05) is 13.8 Å². The molecule has 0 atom stereocenters. The SMILES string of the molecule is CCc1c(C)sc(NC(=O)Nc2ccc(Cl)c(Cl)c2)c1C#N. The van der Waals surface area contributed by atoms with Gasteiger partial charge in [0.2, 0.25) is 0 Å². The zero-order valence-electron chi connectivity index (χ0n) is 12.0. The zero-order chi connectivity index (χ0) is 16.3. The number of nitriles is 1. The van der Waals surface area contributed by atoms with Crippen molar-refractivity contribution >= 4 is 51.3 Å². The lowest BCUT2D eigenvalue weighted by Gasteiger charge is -2.07. The van der Waals surface area contributed by atoms with Gasteiger partial charge in [0.05, 0.1) is 15.6 Å². The minimum Gasteiger partial charge on any atom is -0.308 e. The molecule has 22 heavy (non-hydrogen) atoms. The van der Waals surface area contributed by atoms with E-state index in [2.05, 4.69) is 16.7 Å². The molecule has 0 saturated carbocycles. The van der Waals surface area contributed by atoms with Crippen molar-refractivity contribution in [3.8, 4) is 6.07 Å². The highest BCUT2D eigenvalue weighted by atomic mass is 35.5. The predicted molar refractivity (Wildman–Crippen MR) is 92.3 cm³/mol.